The molecule has 0 unspecified atom stereocenters. The minimum absolute atomic E-state index is 0.0170. The number of carbonyl (C=O) groups excluding carboxylic acids is 2. The second kappa shape index (κ2) is 6.69. The molecule has 0 aliphatic carbocycles. The zero-order valence-corrected chi connectivity index (χ0v) is 14.8. The summed E-state index contributed by atoms with van der Waals surface area (Å²) in [5.74, 6) is 0.0170. The SMILES string of the molecule is CC(C)(C)NC(=O)N1CCN(C(=O)c2ccc(Br)cc2)CC1. The number of benzene rings is 1. The molecular weight excluding hydrogens is 346 g/mol. The van der Waals surface area contributed by atoms with Crippen LogP contribution < -0.4 is 5.32 Å². The molecule has 0 spiro atoms. The van der Waals surface area contributed by atoms with E-state index in [1.165, 1.54) is 0 Å². The number of hydrogen-bond acceptors (Lipinski definition) is 2. The van der Waals surface area contributed by atoms with Crippen LogP contribution in [-0.4, -0.2) is 53.5 Å². The first-order valence-corrected chi connectivity index (χ1v) is 8.17. The van der Waals surface area contributed by atoms with Crippen LogP contribution in [0.15, 0.2) is 28.7 Å². The number of piperazine rings is 1. The third kappa shape index (κ3) is 4.47. The van der Waals surface area contributed by atoms with E-state index in [0.717, 1.165) is 4.47 Å². The van der Waals surface area contributed by atoms with E-state index >= 15 is 0 Å². The molecule has 0 bridgehead atoms. The summed E-state index contributed by atoms with van der Waals surface area (Å²) in [6, 6.07) is 7.28. The maximum atomic E-state index is 12.4. The molecule has 1 aliphatic rings. The second-order valence-electron chi connectivity index (χ2n) is 6.47. The highest BCUT2D eigenvalue weighted by atomic mass is 79.9. The van der Waals surface area contributed by atoms with E-state index in [1.54, 1.807) is 9.80 Å². The molecule has 1 saturated heterocycles. The number of urea groups is 1. The van der Waals surface area contributed by atoms with Crippen LogP contribution in [0.1, 0.15) is 31.1 Å². The first-order chi connectivity index (χ1) is 10.3. The lowest BCUT2D eigenvalue weighted by molar-refractivity contribution is 0.0661. The molecule has 120 valence electrons. The summed E-state index contributed by atoms with van der Waals surface area (Å²) in [6.45, 7) is 8.11. The quantitative estimate of drug-likeness (QED) is 0.829. The molecule has 1 fully saturated rings. The van der Waals surface area contributed by atoms with Crippen molar-refractivity contribution in [3.8, 4) is 0 Å². The van der Waals surface area contributed by atoms with Crippen molar-refractivity contribution in [1.29, 1.82) is 0 Å². The van der Waals surface area contributed by atoms with Crippen molar-refractivity contribution >= 4 is 27.9 Å². The Hall–Kier alpha value is -1.56. The van der Waals surface area contributed by atoms with Gasteiger partial charge in [-0.05, 0) is 45.0 Å². The van der Waals surface area contributed by atoms with Crippen molar-refractivity contribution in [2.45, 2.75) is 26.3 Å². The van der Waals surface area contributed by atoms with E-state index in [9.17, 15) is 9.59 Å². The standard InChI is InChI=1S/C16H22BrN3O2/c1-16(2,3)18-15(22)20-10-8-19(9-11-20)14(21)12-4-6-13(17)7-5-12/h4-7H,8-11H2,1-3H3,(H,18,22). The summed E-state index contributed by atoms with van der Waals surface area (Å²) >= 11 is 3.36. The first-order valence-electron chi connectivity index (χ1n) is 7.38. The van der Waals surface area contributed by atoms with E-state index in [2.05, 4.69) is 21.2 Å². The second-order valence-corrected chi connectivity index (χ2v) is 7.38. The van der Waals surface area contributed by atoms with Crippen LogP contribution in [0.3, 0.4) is 0 Å². The Labute approximate surface area is 139 Å². The van der Waals surface area contributed by atoms with Gasteiger partial charge in [-0.25, -0.2) is 4.79 Å². The van der Waals surface area contributed by atoms with Gasteiger partial charge in [0.25, 0.3) is 5.91 Å². The average molecular weight is 368 g/mol. The van der Waals surface area contributed by atoms with Crippen LogP contribution in [-0.2, 0) is 0 Å². The topological polar surface area (TPSA) is 52.7 Å². The molecular formula is C16H22BrN3O2. The predicted octanol–water partition coefficient (Wildman–Crippen LogP) is 2.72. The van der Waals surface area contributed by atoms with Gasteiger partial charge < -0.3 is 15.1 Å². The van der Waals surface area contributed by atoms with E-state index in [1.807, 2.05) is 45.0 Å². The van der Waals surface area contributed by atoms with Gasteiger partial charge in [-0.2, -0.15) is 0 Å². The number of carbonyl (C=O) groups is 2. The molecule has 3 amide bonds. The van der Waals surface area contributed by atoms with Gasteiger partial charge in [-0.1, -0.05) is 15.9 Å². The molecule has 1 aliphatic heterocycles. The Kier molecular flexibility index (Phi) is 5.11. The third-order valence-corrected chi connectivity index (χ3v) is 3.96. The largest absolute Gasteiger partial charge is 0.335 e. The molecule has 6 heteroatoms. The van der Waals surface area contributed by atoms with Crippen LogP contribution >= 0.6 is 15.9 Å². The summed E-state index contributed by atoms with van der Waals surface area (Å²) < 4.78 is 0.952. The third-order valence-electron chi connectivity index (χ3n) is 3.43. The highest BCUT2D eigenvalue weighted by Gasteiger charge is 2.26. The highest BCUT2D eigenvalue weighted by Crippen LogP contribution is 2.14. The van der Waals surface area contributed by atoms with Gasteiger partial charge in [0.05, 0.1) is 0 Å². The van der Waals surface area contributed by atoms with Gasteiger partial charge in [-0.3, -0.25) is 4.79 Å². The molecule has 1 aromatic carbocycles. The monoisotopic (exact) mass is 367 g/mol. The number of rotatable bonds is 1. The zero-order valence-electron chi connectivity index (χ0n) is 13.2. The van der Waals surface area contributed by atoms with Gasteiger partial charge in [0.15, 0.2) is 0 Å². The minimum atomic E-state index is -0.249. The van der Waals surface area contributed by atoms with Gasteiger partial charge in [-0.15, -0.1) is 0 Å². The van der Waals surface area contributed by atoms with Gasteiger partial charge >= 0.3 is 6.03 Å². The van der Waals surface area contributed by atoms with Crippen molar-refractivity contribution in [1.82, 2.24) is 15.1 Å². The molecule has 0 saturated carbocycles. The van der Waals surface area contributed by atoms with Crippen LogP contribution in [0.25, 0.3) is 0 Å². The molecule has 1 heterocycles. The molecule has 1 aromatic rings. The number of halogens is 1. The Morgan fingerprint density at radius 1 is 1.00 bits per heavy atom. The fraction of sp³-hybridized carbons (Fsp3) is 0.500. The van der Waals surface area contributed by atoms with Gasteiger partial charge in [0.1, 0.15) is 0 Å². The summed E-state index contributed by atoms with van der Waals surface area (Å²) in [4.78, 5) is 28.1. The van der Waals surface area contributed by atoms with Crippen molar-refractivity contribution in [3.63, 3.8) is 0 Å². The molecule has 0 atom stereocenters. The predicted molar refractivity (Wildman–Crippen MR) is 89.9 cm³/mol. The maximum absolute atomic E-state index is 12.4. The van der Waals surface area contributed by atoms with E-state index < -0.39 is 0 Å². The molecule has 0 radical (unpaired) electrons. The van der Waals surface area contributed by atoms with Crippen LogP contribution in [0.4, 0.5) is 4.79 Å². The number of amides is 3. The summed E-state index contributed by atoms with van der Waals surface area (Å²) in [5.41, 5.74) is 0.428. The molecule has 5 nitrogen and oxygen atoms in total. The number of hydrogen-bond donors (Lipinski definition) is 1. The normalized spacial score (nSPS) is 15.6. The molecule has 1 N–H and O–H groups in total. The van der Waals surface area contributed by atoms with Gasteiger partial charge in [0.2, 0.25) is 0 Å². The Balaban J connectivity index is 1.90. The lowest BCUT2D eigenvalue weighted by atomic mass is 10.1. The first kappa shape index (κ1) is 16.8. The Bertz CT molecular complexity index is 544. The van der Waals surface area contributed by atoms with Gasteiger partial charge in [0, 0.05) is 41.8 Å². The maximum Gasteiger partial charge on any atom is 0.317 e. The van der Waals surface area contributed by atoms with Crippen molar-refractivity contribution in [2.75, 3.05) is 26.2 Å². The lowest BCUT2D eigenvalue weighted by Crippen LogP contribution is -2.56. The number of nitrogens with zero attached hydrogens (tertiary/aromatic N) is 2. The van der Waals surface area contributed by atoms with E-state index in [4.69, 9.17) is 0 Å². The average Bonchev–Trinajstić information content (AvgIpc) is 2.46. The highest BCUT2D eigenvalue weighted by molar-refractivity contribution is 9.10. The number of nitrogens with one attached hydrogen (secondary N) is 1. The summed E-state index contributed by atoms with van der Waals surface area (Å²) in [6.07, 6.45) is 0. The summed E-state index contributed by atoms with van der Waals surface area (Å²) in [7, 11) is 0. The van der Waals surface area contributed by atoms with Crippen molar-refractivity contribution in [2.24, 2.45) is 0 Å². The Morgan fingerprint density at radius 3 is 2.00 bits per heavy atom. The van der Waals surface area contributed by atoms with Crippen LogP contribution in [0.5, 0.6) is 0 Å². The molecule has 0 aromatic heterocycles. The minimum Gasteiger partial charge on any atom is -0.335 e. The Morgan fingerprint density at radius 2 is 1.50 bits per heavy atom. The van der Waals surface area contributed by atoms with Crippen LogP contribution in [0.2, 0.25) is 0 Å². The van der Waals surface area contributed by atoms with Crippen molar-refractivity contribution in [3.05, 3.63) is 34.3 Å². The molecule has 2 rings (SSSR count). The molecule has 22 heavy (non-hydrogen) atoms. The van der Waals surface area contributed by atoms with E-state index in [0.29, 0.717) is 31.7 Å². The fourth-order valence-electron chi connectivity index (χ4n) is 2.29. The van der Waals surface area contributed by atoms with Crippen molar-refractivity contribution < 1.29 is 9.59 Å². The lowest BCUT2D eigenvalue weighted by Gasteiger charge is -2.36. The fourth-order valence-corrected chi connectivity index (χ4v) is 2.55. The summed E-state index contributed by atoms with van der Waals surface area (Å²) in [5, 5.41) is 2.95. The van der Waals surface area contributed by atoms with Crippen LogP contribution in [0, 0.1) is 0 Å². The smallest absolute Gasteiger partial charge is 0.317 e. The zero-order chi connectivity index (χ0) is 16.3. The van der Waals surface area contributed by atoms with E-state index in [-0.39, 0.29) is 17.5 Å².